The fourth-order valence-electron chi connectivity index (χ4n) is 2.46. The van der Waals surface area contributed by atoms with Crippen LogP contribution in [-0.4, -0.2) is 18.0 Å². The lowest BCUT2D eigenvalue weighted by molar-refractivity contribution is 0.102. The first-order valence-electron chi connectivity index (χ1n) is 7.84. The highest BCUT2D eigenvalue weighted by molar-refractivity contribution is 7.23. The Labute approximate surface area is 155 Å². The number of nitrogens with zero attached hydrogens (tertiary/aromatic N) is 1. The van der Waals surface area contributed by atoms with Crippen molar-refractivity contribution >= 4 is 44.2 Å². The Bertz CT molecular complexity index is 927. The molecule has 0 fully saturated rings. The van der Waals surface area contributed by atoms with Gasteiger partial charge in [-0.15, -0.1) is 0 Å². The van der Waals surface area contributed by atoms with E-state index in [2.05, 4.69) is 31.1 Å². The number of rotatable bonds is 3. The summed E-state index contributed by atoms with van der Waals surface area (Å²) in [5, 5.41) is 3.92. The molecule has 1 heterocycles. The monoisotopic (exact) mass is 374 g/mol. The summed E-state index contributed by atoms with van der Waals surface area (Å²) in [7, 11) is 1.58. The van der Waals surface area contributed by atoms with Crippen molar-refractivity contribution in [2.45, 2.75) is 26.2 Å². The van der Waals surface area contributed by atoms with E-state index in [1.165, 1.54) is 16.9 Å². The third kappa shape index (κ3) is 3.62. The van der Waals surface area contributed by atoms with Gasteiger partial charge in [0.05, 0.1) is 16.8 Å². The molecule has 6 heteroatoms. The maximum Gasteiger partial charge on any atom is 0.257 e. The van der Waals surface area contributed by atoms with Crippen LogP contribution in [0.5, 0.6) is 5.75 Å². The molecule has 0 aliphatic rings. The van der Waals surface area contributed by atoms with Crippen molar-refractivity contribution in [3.05, 3.63) is 52.5 Å². The Morgan fingerprint density at radius 3 is 2.44 bits per heavy atom. The predicted octanol–water partition coefficient (Wildman–Crippen LogP) is 5.51. The Balaban J connectivity index is 1.86. The van der Waals surface area contributed by atoms with Gasteiger partial charge in [-0.25, -0.2) is 4.98 Å². The standard InChI is InChI=1S/C19H19ClN2O2S/c1-19(2,3)12-7-5-11(6-8-12)17(23)22-18-21-15-14(24-4)10-9-13(20)16(15)25-18/h5-10H,1-4H3,(H,21,22,23). The molecular weight excluding hydrogens is 356 g/mol. The summed E-state index contributed by atoms with van der Waals surface area (Å²) in [4.78, 5) is 16.9. The lowest BCUT2D eigenvalue weighted by Gasteiger charge is -2.18. The minimum Gasteiger partial charge on any atom is -0.494 e. The highest BCUT2D eigenvalue weighted by atomic mass is 35.5. The maximum absolute atomic E-state index is 12.5. The number of benzene rings is 2. The molecule has 0 bridgehead atoms. The predicted molar refractivity (Wildman–Crippen MR) is 104 cm³/mol. The molecule has 3 aromatic rings. The Kier molecular flexibility index (Phi) is 4.71. The average Bonchev–Trinajstić information content (AvgIpc) is 2.99. The highest BCUT2D eigenvalue weighted by Gasteiger charge is 2.16. The summed E-state index contributed by atoms with van der Waals surface area (Å²) < 4.78 is 6.09. The van der Waals surface area contributed by atoms with Gasteiger partial charge in [0.2, 0.25) is 0 Å². The van der Waals surface area contributed by atoms with E-state index in [-0.39, 0.29) is 11.3 Å². The molecule has 0 unspecified atom stereocenters. The van der Waals surface area contributed by atoms with E-state index in [1.54, 1.807) is 19.2 Å². The van der Waals surface area contributed by atoms with Crippen LogP contribution in [0.1, 0.15) is 36.7 Å². The van der Waals surface area contributed by atoms with Crippen molar-refractivity contribution in [3.63, 3.8) is 0 Å². The number of methoxy groups -OCH3 is 1. The molecule has 2 aromatic carbocycles. The van der Waals surface area contributed by atoms with Gasteiger partial charge in [-0.05, 0) is 35.2 Å². The van der Waals surface area contributed by atoms with E-state index < -0.39 is 0 Å². The maximum atomic E-state index is 12.5. The number of halogens is 1. The van der Waals surface area contributed by atoms with E-state index in [1.807, 2.05) is 24.3 Å². The molecule has 1 N–H and O–H groups in total. The van der Waals surface area contributed by atoms with Gasteiger partial charge in [0.1, 0.15) is 11.3 Å². The molecule has 0 radical (unpaired) electrons. The van der Waals surface area contributed by atoms with E-state index >= 15 is 0 Å². The van der Waals surface area contributed by atoms with Crippen molar-refractivity contribution in [1.29, 1.82) is 0 Å². The Morgan fingerprint density at radius 2 is 1.84 bits per heavy atom. The van der Waals surface area contributed by atoms with Gasteiger partial charge < -0.3 is 4.74 Å². The lowest BCUT2D eigenvalue weighted by Crippen LogP contribution is -2.14. The molecule has 0 spiro atoms. The summed E-state index contributed by atoms with van der Waals surface area (Å²) >= 11 is 7.54. The molecule has 1 amide bonds. The summed E-state index contributed by atoms with van der Waals surface area (Å²) in [6.45, 7) is 6.42. The third-order valence-electron chi connectivity index (χ3n) is 3.91. The summed E-state index contributed by atoms with van der Waals surface area (Å²) in [5.41, 5.74) is 2.47. The first kappa shape index (κ1) is 17.7. The van der Waals surface area contributed by atoms with Crippen molar-refractivity contribution in [2.75, 3.05) is 12.4 Å². The van der Waals surface area contributed by atoms with E-state index in [0.717, 1.165) is 4.70 Å². The number of fused-ring (bicyclic) bond motifs is 1. The van der Waals surface area contributed by atoms with Crippen molar-refractivity contribution in [2.24, 2.45) is 0 Å². The second kappa shape index (κ2) is 6.65. The quantitative estimate of drug-likeness (QED) is 0.657. The summed E-state index contributed by atoms with van der Waals surface area (Å²) in [6, 6.07) is 11.1. The van der Waals surface area contributed by atoms with Crippen LogP contribution < -0.4 is 10.1 Å². The van der Waals surface area contributed by atoms with Crippen LogP contribution in [0.2, 0.25) is 5.02 Å². The van der Waals surface area contributed by atoms with Gasteiger partial charge in [0, 0.05) is 5.56 Å². The van der Waals surface area contributed by atoms with E-state index in [0.29, 0.717) is 27.0 Å². The Hall–Kier alpha value is -2.11. The molecule has 4 nitrogen and oxygen atoms in total. The number of amides is 1. The zero-order valence-electron chi connectivity index (χ0n) is 14.5. The molecule has 0 aliphatic carbocycles. The number of aromatic nitrogens is 1. The molecule has 0 saturated heterocycles. The number of anilines is 1. The summed E-state index contributed by atoms with van der Waals surface area (Å²) in [5.74, 6) is 0.431. The number of nitrogens with one attached hydrogen (secondary N) is 1. The van der Waals surface area contributed by atoms with Gasteiger partial charge in [-0.2, -0.15) is 0 Å². The Morgan fingerprint density at radius 1 is 1.16 bits per heavy atom. The molecule has 3 rings (SSSR count). The van der Waals surface area contributed by atoms with Gasteiger partial charge in [0.15, 0.2) is 5.13 Å². The van der Waals surface area contributed by atoms with Crippen LogP contribution in [0.25, 0.3) is 10.2 Å². The number of carbonyl (C=O) groups is 1. The zero-order valence-corrected chi connectivity index (χ0v) is 16.1. The SMILES string of the molecule is COc1ccc(Cl)c2sc(NC(=O)c3ccc(C(C)(C)C)cc3)nc12. The fourth-order valence-corrected chi connectivity index (χ4v) is 3.61. The van der Waals surface area contributed by atoms with Gasteiger partial charge in [-0.1, -0.05) is 55.8 Å². The minimum atomic E-state index is -0.199. The van der Waals surface area contributed by atoms with Crippen LogP contribution in [0, 0.1) is 0 Å². The average molecular weight is 375 g/mol. The normalized spacial score (nSPS) is 11.6. The van der Waals surface area contributed by atoms with E-state index in [9.17, 15) is 4.79 Å². The first-order valence-corrected chi connectivity index (χ1v) is 9.04. The molecule has 0 saturated carbocycles. The largest absolute Gasteiger partial charge is 0.494 e. The molecule has 130 valence electrons. The lowest BCUT2D eigenvalue weighted by atomic mass is 9.87. The van der Waals surface area contributed by atoms with E-state index in [4.69, 9.17) is 16.3 Å². The van der Waals surface area contributed by atoms with Crippen molar-refractivity contribution < 1.29 is 9.53 Å². The number of ether oxygens (including phenoxy) is 1. The number of thiazole rings is 1. The third-order valence-corrected chi connectivity index (χ3v) is 5.34. The smallest absolute Gasteiger partial charge is 0.257 e. The molecular formula is C19H19ClN2O2S. The van der Waals surface area contributed by atoms with Gasteiger partial charge in [-0.3, -0.25) is 10.1 Å². The zero-order chi connectivity index (χ0) is 18.2. The molecule has 25 heavy (non-hydrogen) atoms. The second-order valence-electron chi connectivity index (χ2n) is 6.73. The topological polar surface area (TPSA) is 51.2 Å². The number of carbonyl (C=O) groups excluding carboxylic acids is 1. The fraction of sp³-hybridized carbons (Fsp3) is 0.263. The van der Waals surface area contributed by atoms with Crippen molar-refractivity contribution in [3.8, 4) is 5.75 Å². The molecule has 1 aromatic heterocycles. The number of hydrogen-bond donors (Lipinski definition) is 1. The minimum absolute atomic E-state index is 0.0509. The highest BCUT2D eigenvalue weighted by Crippen LogP contribution is 2.37. The van der Waals surface area contributed by atoms with Crippen LogP contribution in [0.4, 0.5) is 5.13 Å². The van der Waals surface area contributed by atoms with Gasteiger partial charge >= 0.3 is 0 Å². The second-order valence-corrected chi connectivity index (χ2v) is 8.13. The molecule has 0 aliphatic heterocycles. The number of hydrogen-bond acceptors (Lipinski definition) is 4. The van der Waals surface area contributed by atoms with Crippen LogP contribution in [-0.2, 0) is 5.41 Å². The van der Waals surface area contributed by atoms with Crippen molar-refractivity contribution in [1.82, 2.24) is 4.98 Å². The van der Waals surface area contributed by atoms with Crippen LogP contribution in [0.3, 0.4) is 0 Å². The van der Waals surface area contributed by atoms with Crippen LogP contribution >= 0.6 is 22.9 Å². The summed E-state index contributed by atoms with van der Waals surface area (Å²) in [6.07, 6.45) is 0. The van der Waals surface area contributed by atoms with Gasteiger partial charge in [0.25, 0.3) is 5.91 Å². The first-order chi connectivity index (χ1) is 11.8. The molecule has 0 atom stereocenters. The van der Waals surface area contributed by atoms with Crippen LogP contribution in [0.15, 0.2) is 36.4 Å².